The van der Waals surface area contributed by atoms with Crippen LogP contribution < -0.4 is 4.72 Å². The van der Waals surface area contributed by atoms with Crippen molar-refractivity contribution in [1.82, 2.24) is 4.72 Å². The van der Waals surface area contributed by atoms with Gasteiger partial charge in [-0.3, -0.25) is 18.7 Å². The third-order valence-electron chi connectivity index (χ3n) is 6.57. The van der Waals surface area contributed by atoms with Gasteiger partial charge in [-0.05, 0) is 25.2 Å². The molecular formula is C17H29NO14S2. The van der Waals surface area contributed by atoms with E-state index in [-0.39, 0.29) is 25.7 Å². The molecule has 0 aliphatic heterocycles. The molecule has 17 heteroatoms. The van der Waals surface area contributed by atoms with Crippen molar-refractivity contribution >= 4 is 32.9 Å². The monoisotopic (exact) mass is 535 g/mol. The van der Waals surface area contributed by atoms with E-state index in [4.69, 9.17) is 9.47 Å². The van der Waals surface area contributed by atoms with Crippen LogP contribution in [-0.4, -0.2) is 108 Å². The molecule has 198 valence electrons. The molecule has 0 spiro atoms. The molecule has 4 unspecified atom stereocenters. The lowest BCUT2D eigenvalue weighted by atomic mass is 9.66. The van der Waals surface area contributed by atoms with E-state index in [1.165, 1.54) is 7.11 Å². The molecule has 0 heterocycles. The molecule has 15 nitrogen and oxygen atoms in total. The van der Waals surface area contributed by atoms with Gasteiger partial charge in [0.1, 0.15) is 18.3 Å². The summed E-state index contributed by atoms with van der Waals surface area (Å²) in [5, 5.41) is 41.3. The second-order valence-electron chi connectivity index (χ2n) is 8.65. The van der Waals surface area contributed by atoms with Gasteiger partial charge in [0, 0.05) is 18.9 Å². The third kappa shape index (κ3) is 7.05. The van der Waals surface area contributed by atoms with Crippen LogP contribution in [0.4, 0.5) is 0 Å². The fraction of sp³-hybridized carbons (Fsp3) is 0.882. The Balaban J connectivity index is 2.46. The van der Waals surface area contributed by atoms with Gasteiger partial charge in [-0.15, -0.1) is 0 Å². The summed E-state index contributed by atoms with van der Waals surface area (Å²) < 4.78 is 76.1. The maximum Gasteiger partial charge on any atom is 0.333 e. The van der Waals surface area contributed by atoms with E-state index in [2.05, 4.69) is 0 Å². The molecule has 0 bridgehead atoms. The van der Waals surface area contributed by atoms with Crippen molar-refractivity contribution in [1.29, 1.82) is 0 Å². The number of carbonyl (C=O) groups is 2. The highest BCUT2D eigenvalue weighted by molar-refractivity contribution is 7.85. The summed E-state index contributed by atoms with van der Waals surface area (Å²) in [6, 6.07) is -1.60. The first-order chi connectivity index (χ1) is 15.6. The number of methoxy groups -OCH3 is 1. The Morgan fingerprint density at radius 3 is 2.12 bits per heavy atom. The van der Waals surface area contributed by atoms with E-state index < -0.39 is 92.4 Å². The lowest BCUT2D eigenvalue weighted by Crippen LogP contribution is -2.61. The first-order valence-corrected chi connectivity index (χ1v) is 13.2. The Morgan fingerprint density at radius 2 is 1.65 bits per heavy atom. The summed E-state index contributed by atoms with van der Waals surface area (Å²) in [6.07, 6.45) is -8.56. The van der Waals surface area contributed by atoms with Crippen molar-refractivity contribution in [3.05, 3.63) is 0 Å². The van der Waals surface area contributed by atoms with Crippen molar-refractivity contribution in [3.8, 4) is 0 Å². The third-order valence-corrected chi connectivity index (χ3v) is 7.99. The minimum Gasteiger partial charge on any atom is -0.481 e. The molecule has 0 aromatic carbocycles. The predicted octanol–water partition coefficient (Wildman–Crippen LogP) is -2.98. The summed E-state index contributed by atoms with van der Waals surface area (Å²) >= 11 is 0. The molecule has 0 aromatic rings. The standard InChI is InChI=1S/C17H29NO14S2/c1-31-11-4-10(17(23)24)9(13(20)14(11)21)3-7-2-8(5-33(25,26)27)16(32-6-19)15(22)12(7)18-34(28,29)30/h6-16,18,20-22H,2-5H2,1H3,(H,23,24)(H,25,26,27)(H,28,29,30)/t7-,8?,9-,10?,11+,12?,13+,14?,15-,16-/m0/s1. The molecule has 2 aliphatic carbocycles. The van der Waals surface area contributed by atoms with Crippen molar-refractivity contribution in [2.75, 3.05) is 12.9 Å². The Hall–Kier alpha value is -1.44. The normalized spacial score (nSPS) is 39.4. The van der Waals surface area contributed by atoms with E-state index in [0.717, 1.165) is 0 Å². The van der Waals surface area contributed by atoms with Gasteiger partial charge >= 0.3 is 16.3 Å². The topological polar surface area (TPSA) is 254 Å². The molecule has 0 radical (unpaired) electrons. The molecule has 2 rings (SSSR count). The highest BCUT2D eigenvalue weighted by Gasteiger charge is 2.52. The molecule has 0 aromatic heterocycles. The molecule has 2 saturated carbocycles. The first kappa shape index (κ1) is 28.8. The number of rotatable bonds is 10. The van der Waals surface area contributed by atoms with Crippen LogP contribution in [0.5, 0.6) is 0 Å². The van der Waals surface area contributed by atoms with Crippen LogP contribution in [0.3, 0.4) is 0 Å². The van der Waals surface area contributed by atoms with Crippen LogP contribution >= 0.6 is 0 Å². The number of ether oxygens (including phenoxy) is 2. The number of aliphatic hydroxyl groups is 3. The zero-order chi connectivity index (χ0) is 26.0. The van der Waals surface area contributed by atoms with Gasteiger partial charge in [-0.25, -0.2) is 0 Å². The number of carboxylic acids is 1. The van der Waals surface area contributed by atoms with Gasteiger partial charge < -0.3 is 29.9 Å². The van der Waals surface area contributed by atoms with Crippen LogP contribution in [0.1, 0.15) is 19.3 Å². The lowest BCUT2D eigenvalue weighted by Gasteiger charge is -2.47. The van der Waals surface area contributed by atoms with Gasteiger partial charge in [-0.1, -0.05) is 0 Å². The molecule has 7 N–H and O–H groups in total. The van der Waals surface area contributed by atoms with Gasteiger partial charge in [0.15, 0.2) is 0 Å². The van der Waals surface area contributed by atoms with E-state index in [1.54, 1.807) is 4.72 Å². The van der Waals surface area contributed by atoms with E-state index in [9.17, 15) is 56.0 Å². The van der Waals surface area contributed by atoms with Gasteiger partial charge in [-0.2, -0.15) is 21.6 Å². The second kappa shape index (κ2) is 11.1. The van der Waals surface area contributed by atoms with Crippen LogP contribution in [0.25, 0.3) is 0 Å². The molecule has 34 heavy (non-hydrogen) atoms. The molecule has 2 fully saturated rings. The fourth-order valence-electron chi connectivity index (χ4n) is 5.15. The lowest BCUT2D eigenvalue weighted by molar-refractivity contribution is -0.173. The average molecular weight is 536 g/mol. The van der Waals surface area contributed by atoms with Crippen molar-refractivity contribution < 1.29 is 65.4 Å². The first-order valence-electron chi connectivity index (χ1n) is 10.2. The maximum atomic E-state index is 11.9. The largest absolute Gasteiger partial charge is 0.481 e. The molecule has 2 aliphatic rings. The van der Waals surface area contributed by atoms with Crippen LogP contribution in [0, 0.1) is 23.7 Å². The van der Waals surface area contributed by atoms with Crippen molar-refractivity contribution in [3.63, 3.8) is 0 Å². The van der Waals surface area contributed by atoms with Gasteiger partial charge in [0.05, 0.1) is 29.9 Å². The SMILES string of the molecule is CO[C@@H]1CC(C(=O)O)[C@H](C[C@@H]2CC(CS(=O)(=O)O)[C@H](OC=O)[C@@H](O)C2NS(=O)(=O)O)[C@@H](O)C1O. The zero-order valence-electron chi connectivity index (χ0n) is 17.9. The van der Waals surface area contributed by atoms with Crippen molar-refractivity contribution in [2.24, 2.45) is 23.7 Å². The molecular weight excluding hydrogens is 506 g/mol. The summed E-state index contributed by atoms with van der Waals surface area (Å²) in [6.45, 7) is -0.109. The van der Waals surface area contributed by atoms with E-state index in [0.29, 0.717) is 0 Å². The average Bonchev–Trinajstić information content (AvgIpc) is 2.69. The van der Waals surface area contributed by atoms with Gasteiger partial charge in [0.25, 0.3) is 16.6 Å². The minimum atomic E-state index is -4.96. The highest BCUT2D eigenvalue weighted by atomic mass is 32.2. The Bertz CT molecular complexity index is 940. The van der Waals surface area contributed by atoms with Crippen LogP contribution in [0.15, 0.2) is 0 Å². The number of carboxylic acid groups (broad SMARTS) is 1. The molecule has 0 saturated heterocycles. The second-order valence-corrected chi connectivity index (χ2v) is 11.3. The predicted molar refractivity (Wildman–Crippen MR) is 110 cm³/mol. The Kier molecular flexibility index (Phi) is 9.39. The summed E-state index contributed by atoms with van der Waals surface area (Å²) in [7, 11) is -8.40. The van der Waals surface area contributed by atoms with Crippen LogP contribution in [0.2, 0.25) is 0 Å². The number of carbonyl (C=O) groups excluding carboxylic acids is 1. The van der Waals surface area contributed by atoms with E-state index in [1.807, 2.05) is 0 Å². The van der Waals surface area contributed by atoms with Crippen molar-refractivity contribution in [2.45, 2.75) is 55.8 Å². The maximum absolute atomic E-state index is 11.9. The fourth-order valence-corrected chi connectivity index (χ4v) is 6.69. The molecule has 0 amide bonds. The summed E-state index contributed by atoms with van der Waals surface area (Å²) in [5.74, 6) is -7.16. The summed E-state index contributed by atoms with van der Waals surface area (Å²) in [5.41, 5.74) is 0. The number of aliphatic hydroxyl groups excluding tert-OH is 3. The minimum absolute atomic E-state index is 0.109. The number of nitrogens with one attached hydrogen (secondary N) is 1. The van der Waals surface area contributed by atoms with Gasteiger partial charge in [0.2, 0.25) is 0 Å². The zero-order valence-corrected chi connectivity index (χ0v) is 19.6. The number of hydrogen-bond donors (Lipinski definition) is 7. The molecule has 10 atom stereocenters. The van der Waals surface area contributed by atoms with E-state index >= 15 is 0 Å². The highest BCUT2D eigenvalue weighted by Crippen LogP contribution is 2.42. The quantitative estimate of drug-likeness (QED) is 0.109. The number of hydrogen-bond acceptors (Lipinski definition) is 11. The number of aliphatic carboxylic acids is 1. The smallest absolute Gasteiger partial charge is 0.333 e. The Morgan fingerprint density at radius 1 is 1.03 bits per heavy atom. The van der Waals surface area contributed by atoms with Crippen LogP contribution in [-0.2, 0) is 39.5 Å². The Labute approximate surface area is 195 Å². The summed E-state index contributed by atoms with van der Waals surface area (Å²) in [4.78, 5) is 22.8.